The molecule has 1 atom stereocenters. The van der Waals surface area contributed by atoms with Crippen molar-refractivity contribution in [1.82, 2.24) is 9.97 Å². The first-order chi connectivity index (χ1) is 10.4. The number of aromatic nitrogens is 2. The molecular formula is C17H18N4O. The van der Waals surface area contributed by atoms with Crippen molar-refractivity contribution in [3.63, 3.8) is 0 Å². The van der Waals surface area contributed by atoms with Gasteiger partial charge in [0.15, 0.2) is 5.78 Å². The number of hydrogen-bond acceptors (Lipinski definition) is 5. The van der Waals surface area contributed by atoms with Crippen LogP contribution in [0.5, 0.6) is 0 Å². The fourth-order valence-corrected chi connectivity index (χ4v) is 3.61. The van der Waals surface area contributed by atoms with E-state index in [1.807, 2.05) is 19.9 Å². The van der Waals surface area contributed by atoms with Crippen LogP contribution in [0.15, 0.2) is 41.8 Å². The van der Waals surface area contributed by atoms with Gasteiger partial charge >= 0.3 is 0 Å². The van der Waals surface area contributed by atoms with E-state index in [1.54, 1.807) is 18.5 Å². The number of anilines is 1. The first-order valence-corrected chi connectivity index (χ1v) is 7.29. The van der Waals surface area contributed by atoms with Crippen LogP contribution in [-0.4, -0.2) is 28.8 Å². The summed E-state index contributed by atoms with van der Waals surface area (Å²) in [6.45, 7) is 7.20. The quantitative estimate of drug-likeness (QED) is 0.743. The molecule has 5 heteroatoms. The van der Waals surface area contributed by atoms with E-state index >= 15 is 0 Å². The highest BCUT2D eigenvalue weighted by molar-refractivity contribution is 6.06. The maximum Gasteiger partial charge on any atom is 0.225 e. The molecule has 112 valence electrons. The van der Waals surface area contributed by atoms with E-state index in [2.05, 4.69) is 33.9 Å². The Hall–Kier alpha value is -2.48. The van der Waals surface area contributed by atoms with Crippen LogP contribution in [-0.2, 0) is 4.79 Å². The molecule has 0 amide bonds. The number of nitriles is 1. The molecular weight excluding hydrogens is 276 g/mol. The van der Waals surface area contributed by atoms with E-state index < -0.39 is 5.41 Å². The Labute approximate surface area is 130 Å². The van der Waals surface area contributed by atoms with E-state index in [4.69, 9.17) is 0 Å². The second kappa shape index (κ2) is 4.77. The van der Waals surface area contributed by atoms with Gasteiger partial charge in [-0.3, -0.25) is 4.79 Å². The molecule has 1 aromatic heterocycles. The summed E-state index contributed by atoms with van der Waals surface area (Å²) in [6, 6.07) is 3.84. The summed E-state index contributed by atoms with van der Waals surface area (Å²) in [5.74, 6) is 0.573. The smallest absolute Gasteiger partial charge is 0.225 e. The first kappa shape index (κ1) is 14.5. The number of hydrogen-bond donors (Lipinski definition) is 0. The normalized spacial score (nSPS) is 26.6. The Morgan fingerprint density at radius 3 is 2.59 bits per heavy atom. The molecule has 0 fully saturated rings. The highest BCUT2D eigenvalue weighted by Gasteiger charge is 2.49. The highest BCUT2D eigenvalue weighted by Crippen LogP contribution is 2.49. The number of ketones is 1. The molecule has 2 aliphatic rings. The number of Topliss-reactive ketones (excluding diaryl/α,β-unsaturated/α-hetero) is 1. The SMILES string of the molecule is CC12C=C(C#N)C(=O)C(C)(C)C1=CCN(c1ncccn1)C2. The number of rotatable bonds is 1. The number of carbonyl (C=O) groups excluding carboxylic acids is 1. The predicted molar refractivity (Wildman–Crippen MR) is 82.9 cm³/mol. The van der Waals surface area contributed by atoms with Gasteiger partial charge in [-0.1, -0.05) is 19.1 Å². The summed E-state index contributed by atoms with van der Waals surface area (Å²) in [5, 5.41) is 9.28. The summed E-state index contributed by atoms with van der Waals surface area (Å²) in [6.07, 6.45) is 7.33. The van der Waals surface area contributed by atoms with Crippen LogP contribution in [0.3, 0.4) is 0 Å². The fourth-order valence-electron chi connectivity index (χ4n) is 3.61. The van der Waals surface area contributed by atoms with Crippen LogP contribution in [0, 0.1) is 22.2 Å². The maximum absolute atomic E-state index is 12.5. The second-order valence-corrected chi connectivity index (χ2v) is 6.59. The van der Waals surface area contributed by atoms with Crippen molar-refractivity contribution in [1.29, 1.82) is 5.26 Å². The molecule has 22 heavy (non-hydrogen) atoms. The molecule has 1 unspecified atom stereocenters. The van der Waals surface area contributed by atoms with Crippen molar-refractivity contribution < 1.29 is 4.79 Å². The van der Waals surface area contributed by atoms with E-state index in [0.717, 1.165) is 5.57 Å². The van der Waals surface area contributed by atoms with Gasteiger partial charge in [-0.2, -0.15) is 5.26 Å². The van der Waals surface area contributed by atoms with E-state index in [1.165, 1.54) is 0 Å². The van der Waals surface area contributed by atoms with Crippen molar-refractivity contribution >= 4 is 11.7 Å². The predicted octanol–water partition coefficient (Wildman–Crippen LogP) is 2.29. The van der Waals surface area contributed by atoms with E-state index in [0.29, 0.717) is 19.0 Å². The van der Waals surface area contributed by atoms with E-state index in [9.17, 15) is 10.1 Å². The molecule has 5 nitrogen and oxygen atoms in total. The molecule has 0 N–H and O–H groups in total. The van der Waals surface area contributed by atoms with Gasteiger partial charge in [-0.25, -0.2) is 9.97 Å². The van der Waals surface area contributed by atoms with Crippen molar-refractivity contribution in [2.24, 2.45) is 10.8 Å². The first-order valence-electron chi connectivity index (χ1n) is 7.29. The number of fused-ring (bicyclic) bond motifs is 1. The summed E-state index contributed by atoms with van der Waals surface area (Å²) in [5.41, 5.74) is 0.328. The zero-order chi connectivity index (χ0) is 16.0. The zero-order valence-electron chi connectivity index (χ0n) is 13.0. The Morgan fingerprint density at radius 1 is 1.27 bits per heavy atom. The average Bonchev–Trinajstić information content (AvgIpc) is 2.51. The Balaban J connectivity index is 2.07. The van der Waals surface area contributed by atoms with Crippen LogP contribution in [0.4, 0.5) is 5.95 Å². The lowest BCUT2D eigenvalue weighted by Crippen LogP contribution is -2.49. The van der Waals surface area contributed by atoms with Crippen molar-refractivity contribution in [2.75, 3.05) is 18.0 Å². The summed E-state index contributed by atoms with van der Waals surface area (Å²) < 4.78 is 0. The minimum absolute atomic E-state index is 0.0943. The minimum atomic E-state index is -0.641. The second-order valence-electron chi connectivity index (χ2n) is 6.59. The van der Waals surface area contributed by atoms with E-state index in [-0.39, 0.29) is 16.8 Å². The number of allylic oxidation sites excluding steroid dienone is 1. The molecule has 1 aromatic rings. The summed E-state index contributed by atoms with van der Waals surface area (Å²) in [7, 11) is 0. The fraction of sp³-hybridized carbons (Fsp3) is 0.412. The minimum Gasteiger partial charge on any atom is -0.336 e. The third-order valence-corrected chi connectivity index (χ3v) is 4.55. The van der Waals surface area contributed by atoms with Crippen molar-refractivity contribution in [3.05, 3.63) is 41.8 Å². The van der Waals surface area contributed by atoms with Gasteiger partial charge in [-0.05, 0) is 25.5 Å². The van der Waals surface area contributed by atoms with Crippen LogP contribution < -0.4 is 4.90 Å². The molecule has 0 radical (unpaired) electrons. The topological polar surface area (TPSA) is 69.9 Å². The third-order valence-electron chi connectivity index (χ3n) is 4.55. The van der Waals surface area contributed by atoms with Crippen LogP contribution in [0.2, 0.25) is 0 Å². The number of carbonyl (C=O) groups is 1. The standard InChI is InChI=1S/C17H18N4O/c1-16(2)13-5-8-21(15-19-6-4-7-20-15)11-17(13,3)9-12(10-18)14(16)22/h4-7,9H,8,11H2,1-3H3. The largest absolute Gasteiger partial charge is 0.336 e. The molecule has 2 heterocycles. The van der Waals surface area contributed by atoms with Crippen LogP contribution in [0.25, 0.3) is 0 Å². The Kier molecular flexibility index (Phi) is 3.13. The zero-order valence-corrected chi connectivity index (χ0v) is 13.0. The van der Waals surface area contributed by atoms with Gasteiger partial charge in [0.25, 0.3) is 0 Å². The highest BCUT2D eigenvalue weighted by atomic mass is 16.1. The van der Waals surface area contributed by atoms with Crippen molar-refractivity contribution in [3.8, 4) is 6.07 Å². The number of nitrogens with zero attached hydrogens (tertiary/aromatic N) is 4. The lowest BCUT2D eigenvalue weighted by molar-refractivity contribution is -0.122. The molecule has 0 bridgehead atoms. The molecule has 0 saturated carbocycles. The molecule has 1 aliphatic heterocycles. The molecule has 0 saturated heterocycles. The summed E-state index contributed by atoms with van der Waals surface area (Å²) in [4.78, 5) is 23.1. The van der Waals surface area contributed by atoms with Crippen LogP contribution >= 0.6 is 0 Å². The molecule has 1 aliphatic carbocycles. The van der Waals surface area contributed by atoms with Gasteiger partial charge in [0, 0.05) is 30.9 Å². The lowest BCUT2D eigenvalue weighted by atomic mass is 9.60. The Bertz CT molecular complexity index is 727. The summed E-state index contributed by atoms with van der Waals surface area (Å²) >= 11 is 0. The van der Waals surface area contributed by atoms with Crippen LogP contribution in [0.1, 0.15) is 20.8 Å². The monoisotopic (exact) mass is 294 g/mol. The van der Waals surface area contributed by atoms with Gasteiger partial charge < -0.3 is 4.90 Å². The third kappa shape index (κ3) is 2.03. The lowest BCUT2D eigenvalue weighted by Gasteiger charge is -2.47. The molecule has 0 spiro atoms. The molecule has 3 rings (SSSR count). The van der Waals surface area contributed by atoms with Gasteiger partial charge in [0.1, 0.15) is 6.07 Å². The maximum atomic E-state index is 12.5. The van der Waals surface area contributed by atoms with Gasteiger partial charge in [0.05, 0.1) is 11.0 Å². The van der Waals surface area contributed by atoms with Gasteiger partial charge in [0.2, 0.25) is 5.95 Å². The average molecular weight is 294 g/mol. The van der Waals surface area contributed by atoms with Crippen molar-refractivity contribution in [2.45, 2.75) is 20.8 Å². The molecule has 0 aromatic carbocycles. The van der Waals surface area contributed by atoms with Gasteiger partial charge in [-0.15, -0.1) is 0 Å². The Morgan fingerprint density at radius 2 is 1.95 bits per heavy atom.